The van der Waals surface area contributed by atoms with Crippen molar-refractivity contribution in [2.24, 2.45) is 0 Å². The molecule has 0 aromatic heterocycles. The summed E-state index contributed by atoms with van der Waals surface area (Å²) < 4.78 is 11.7. The minimum absolute atomic E-state index is 0.0832. The van der Waals surface area contributed by atoms with Gasteiger partial charge in [0.1, 0.15) is 17.8 Å². The quantitative estimate of drug-likeness (QED) is 0.449. The molecule has 0 aliphatic carbocycles. The molecule has 76 valence electrons. The highest BCUT2D eigenvalue weighted by Gasteiger charge is 2.31. The van der Waals surface area contributed by atoms with Gasteiger partial charge in [-0.25, -0.2) is 9.10 Å². The average Bonchev–Trinajstić information content (AvgIpc) is 2.30. The SMILES string of the molecule is CC1COSN1C(=O)OC(C)(C)C. The van der Waals surface area contributed by atoms with Gasteiger partial charge in [-0.05, 0) is 27.7 Å². The van der Waals surface area contributed by atoms with Gasteiger partial charge in [0.25, 0.3) is 0 Å². The molecule has 4 nitrogen and oxygen atoms in total. The Balaban J connectivity index is 2.48. The largest absolute Gasteiger partial charge is 0.443 e. The van der Waals surface area contributed by atoms with Crippen LogP contribution < -0.4 is 0 Å². The summed E-state index contributed by atoms with van der Waals surface area (Å²) in [7, 11) is 0. The molecule has 5 heteroatoms. The molecule has 1 aliphatic rings. The van der Waals surface area contributed by atoms with Crippen molar-refractivity contribution < 1.29 is 13.7 Å². The van der Waals surface area contributed by atoms with E-state index in [1.54, 1.807) is 0 Å². The molecular weight excluding hydrogens is 190 g/mol. The minimum Gasteiger partial charge on any atom is -0.443 e. The van der Waals surface area contributed by atoms with Crippen LogP contribution in [0.15, 0.2) is 0 Å². The summed E-state index contributed by atoms with van der Waals surface area (Å²) in [5, 5.41) is 0. The summed E-state index contributed by atoms with van der Waals surface area (Å²) in [5.41, 5.74) is -0.444. The van der Waals surface area contributed by atoms with Crippen molar-refractivity contribution in [1.29, 1.82) is 0 Å². The lowest BCUT2D eigenvalue weighted by Gasteiger charge is -2.24. The van der Waals surface area contributed by atoms with Crippen LogP contribution in [0.2, 0.25) is 0 Å². The Kier molecular flexibility index (Phi) is 3.08. The number of carbonyl (C=O) groups excluding carboxylic acids is 1. The predicted molar refractivity (Wildman–Crippen MR) is 51.1 cm³/mol. The Morgan fingerprint density at radius 2 is 2.23 bits per heavy atom. The van der Waals surface area contributed by atoms with Crippen LogP contribution in [0, 0.1) is 0 Å². The third-order valence-corrected chi connectivity index (χ3v) is 2.33. The molecule has 0 N–H and O–H groups in total. The molecule has 1 rings (SSSR count). The molecule has 0 bridgehead atoms. The van der Waals surface area contributed by atoms with Crippen molar-refractivity contribution in [3.8, 4) is 0 Å². The van der Waals surface area contributed by atoms with E-state index in [9.17, 15) is 4.79 Å². The van der Waals surface area contributed by atoms with Gasteiger partial charge < -0.3 is 4.74 Å². The van der Waals surface area contributed by atoms with Crippen LogP contribution in [0.4, 0.5) is 4.79 Å². The second-order valence-electron chi connectivity index (χ2n) is 4.01. The summed E-state index contributed by atoms with van der Waals surface area (Å²) in [6.07, 6.45) is -0.331. The average molecular weight is 205 g/mol. The van der Waals surface area contributed by atoms with E-state index >= 15 is 0 Å². The molecule has 1 unspecified atom stereocenters. The van der Waals surface area contributed by atoms with Crippen LogP contribution in [-0.4, -0.2) is 28.6 Å². The maximum atomic E-state index is 11.5. The Hall–Kier alpha value is -0.420. The summed E-state index contributed by atoms with van der Waals surface area (Å²) in [6, 6.07) is 0.0832. The third-order valence-electron chi connectivity index (χ3n) is 1.42. The lowest BCUT2D eigenvalue weighted by Crippen LogP contribution is -2.35. The van der Waals surface area contributed by atoms with Gasteiger partial charge in [0.2, 0.25) is 0 Å². The topological polar surface area (TPSA) is 38.8 Å². The van der Waals surface area contributed by atoms with Crippen LogP contribution in [0.3, 0.4) is 0 Å². The zero-order valence-corrected chi connectivity index (χ0v) is 9.18. The molecule has 1 atom stereocenters. The van der Waals surface area contributed by atoms with E-state index in [4.69, 9.17) is 8.92 Å². The highest BCUT2D eigenvalue weighted by atomic mass is 32.2. The summed E-state index contributed by atoms with van der Waals surface area (Å²) in [6.45, 7) is 8.01. The smallest absolute Gasteiger partial charge is 0.422 e. The summed E-state index contributed by atoms with van der Waals surface area (Å²) >= 11 is 1.06. The molecule has 0 spiro atoms. The van der Waals surface area contributed by atoms with Gasteiger partial charge >= 0.3 is 6.09 Å². The summed E-state index contributed by atoms with van der Waals surface area (Å²) in [4.78, 5) is 11.5. The van der Waals surface area contributed by atoms with Crippen molar-refractivity contribution in [3.63, 3.8) is 0 Å². The predicted octanol–water partition coefficient (Wildman–Crippen LogP) is 2.21. The first kappa shape index (κ1) is 10.7. The number of carbonyl (C=O) groups is 1. The first-order valence-corrected chi connectivity index (χ1v) is 4.92. The fraction of sp³-hybridized carbons (Fsp3) is 0.875. The maximum absolute atomic E-state index is 11.5. The number of amides is 1. The Morgan fingerprint density at radius 3 is 2.62 bits per heavy atom. The molecule has 0 aromatic carbocycles. The van der Waals surface area contributed by atoms with Crippen LogP contribution >= 0.6 is 12.2 Å². The molecule has 1 heterocycles. The highest BCUT2D eigenvalue weighted by molar-refractivity contribution is 7.93. The molecule has 0 aromatic rings. The zero-order valence-electron chi connectivity index (χ0n) is 8.36. The Bertz CT molecular complexity index is 202. The highest BCUT2D eigenvalue weighted by Crippen LogP contribution is 2.26. The molecular formula is C8H15NO3S. The van der Waals surface area contributed by atoms with E-state index in [1.165, 1.54) is 4.31 Å². The second-order valence-corrected chi connectivity index (χ2v) is 4.79. The Morgan fingerprint density at radius 1 is 1.62 bits per heavy atom. The number of hydrogen-bond acceptors (Lipinski definition) is 4. The van der Waals surface area contributed by atoms with E-state index in [0.717, 1.165) is 12.2 Å². The Labute approximate surface area is 82.9 Å². The fourth-order valence-corrected chi connectivity index (χ4v) is 1.52. The molecule has 13 heavy (non-hydrogen) atoms. The molecule has 0 radical (unpaired) electrons. The number of hydrogen-bond donors (Lipinski definition) is 0. The van der Waals surface area contributed by atoms with E-state index < -0.39 is 5.60 Å². The molecule has 1 saturated heterocycles. The van der Waals surface area contributed by atoms with Crippen LogP contribution in [0.1, 0.15) is 27.7 Å². The number of nitrogens with zero attached hydrogens (tertiary/aromatic N) is 1. The zero-order chi connectivity index (χ0) is 10.1. The van der Waals surface area contributed by atoms with Gasteiger partial charge in [-0.3, -0.25) is 4.18 Å². The standard InChI is InChI=1S/C8H15NO3S/c1-6-5-11-13-9(6)7(10)12-8(2,3)4/h6H,5H2,1-4H3. The third kappa shape index (κ3) is 3.08. The molecule has 1 fully saturated rings. The first-order valence-electron chi connectivity index (χ1n) is 4.22. The van der Waals surface area contributed by atoms with Crippen molar-refractivity contribution >= 4 is 18.3 Å². The lowest BCUT2D eigenvalue weighted by molar-refractivity contribution is 0.0377. The number of rotatable bonds is 0. The minimum atomic E-state index is -0.444. The number of ether oxygens (including phenoxy) is 1. The maximum Gasteiger partial charge on any atom is 0.422 e. The molecule has 0 saturated carbocycles. The van der Waals surface area contributed by atoms with Crippen LogP contribution in [-0.2, 0) is 8.92 Å². The van der Waals surface area contributed by atoms with E-state index in [-0.39, 0.29) is 12.1 Å². The van der Waals surface area contributed by atoms with E-state index in [0.29, 0.717) is 6.61 Å². The normalized spacial score (nSPS) is 23.4. The van der Waals surface area contributed by atoms with Crippen molar-refractivity contribution in [1.82, 2.24) is 4.31 Å². The van der Waals surface area contributed by atoms with Crippen molar-refractivity contribution in [3.05, 3.63) is 0 Å². The van der Waals surface area contributed by atoms with Gasteiger partial charge in [0, 0.05) is 0 Å². The van der Waals surface area contributed by atoms with Gasteiger partial charge in [-0.15, -0.1) is 0 Å². The van der Waals surface area contributed by atoms with Crippen molar-refractivity contribution in [2.75, 3.05) is 6.61 Å². The van der Waals surface area contributed by atoms with Gasteiger partial charge in [0.05, 0.1) is 12.6 Å². The van der Waals surface area contributed by atoms with E-state index in [1.807, 2.05) is 27.7 Å². The molecule has 1 amide bonds. The van der Waals surface area contributed by atoms with Crippen molar-refractivity contribution in [2.45, 2.75) is 39.3 Å². The van der Waals surface area contributed by atoms with Crippen LogP contribution in [0.25, 0.3) is 0 Å². The van der Waals surface area contributed by atoms with Gasteiger partial charge in [-0.1, -0.05) is 0 Å². The van der Waals surface area contributed by atoms with Gasteiger partial charge in [-0.2, -0.15) is 0 Å². The lowest BCUT2D eigenvalue weighted by atomic mass is 10.2. The first-order chi connectivity index (χ1) is 5.90. The fourth-order valence-electron chi connectivity index (χ4n) is 0.844. The molecule has 1 aliphatic heterocycles. The second kappa shape index (κ2) is 3.75. The van der Waals surface area contributed by atoms with Crippen LogP contribution in [0.5, 0.6) is 0 Å². The summed E-state index contributed by atoms with van der Waals surface area (Å²) in [5.74, 6) is 0. The monoisotopic (exact) mass is 205 g/mol. The van der Waals surface area contributed by atoms with Gasteiger partial charge in [0.15, 0.2) is 0 Å². The van der Waals surface area contributed by atoms with E-state index in [2.05, 4.69) is 0 Å².